The van der Waals surface area contributed by atoms with E-state index in [1.165, 1.54) is 15.9 Å². The summed E-state index contributed by atoms with van der Waals surface area (Å²) in [6.07, 6.45) is 1.97. The lowest BCUT2D eigenvalue weighted by atomic mass is 10.3. The van der Waals surface area contributed by atoms with Crippen LogP contribution in [0.3, 0.4) is 0 Å². The van der Waals surface area contributed by atoms with Gasteiger partial charge < -0.3 is 10.4 Å². The summed E-state index contributed by atoms with van der Waals surface area (Å²) in [7, 11) is -2.03. The number of phenolic OH excluding ortho intramolecular Hbond substituents is 1. The Kier molecular flexibility index (Phi) is 5.74. The van der Waals surface area contributed by atoms with Crippen LogP contribution in [0.4, 0.5) is 5.69 Å². The average molecular weight is 396 g/mol. The molecule has 0 heterocycles. The van der Waals surface area contributed by atoms with Gasteiger partial charge in [0.2, 0.25) is 0 Å². The fourth-order valence-corrected chi connectivity index (χ4v) is 7.17. The number of hydrogen-bond donors (Lipinski definition) is 2. The molecule has 4 aromatic carbocycles. The van der Waals surface area contributed by atoms with Crippen molar-refractivity contribution in [3.63, 3.8) is 0 Å². The van der Waals surface area contributed by atoms with Gasteiger partial charge in [-0.15, -0.1) is 0 Å². The summed E-state index contributed by atoms with van der Waals surface area (Å²) < 4.78 is 0. The Bertz CT molecular complexity index is 983. The quantitative estimate of drug-likeness (QED) is 0.344. The van der Waals surface area contributed by atoms with Crippen molar-refractivity contribution in [3.8, 4) is 5.75 Å². The van der Waals surface area contributed by atoms with Crippen LogP contribution in [0.25, 0.3) is 0 Å². The van der Waals surface area contributed by atoms with Crippen molar-refractivity contribution in [2.75, 3.05) is 5.32 Å². The maximum Gasteiger partial charge on any atom is 0.139 e. The van der Waals surface area contributed by atoms with Gasteiger partial charge in [0.25, 0.3) is 0 Å². The van der Waals surface area contributed by atoms with Crippen LogP contribution in [0, 0.1) is 0 Å². The monoisotopic (exact) mass is 396 g/mol. The van der Waals surface area contributed by atoms with Crippen molar-refractivity contribution in [1.82, 2.24) is 0 Å². The Balaban J connectivity index is 1.88. The summed E-state index contributed by atoms with van der Waals surface area (Å²) in [4.78, 5) is 0. The van der Waals surface area contributed by atoms with Crippen molar-refractivity contribution in [1.29, 1.82) is 0 Å². The molecule has 2 nitrogen and oxygen atoms in total. The Morgan fingerprint density at radius 3 is 1.41 bits per heavy atom. The lowest BCUT2D eigenvalue weighted by Gasteiger charge is -2.24. The summed E-state index contributed by atoms with van der Waals surface area (Å²) in [5, 5.41) is 17.2. The van der Waals surface area contributed by atoms with Crippen molar-refractivity contribution in [3.05, 3.63) is 127 Å². The maximum absolute atomic E-state index is 10.1. The lowest BCUT2D eigenvalue weighted by molar-refractivity contribution is 0.477. The van der Waals surface area contributed by atoms with Gasteiger partial charge in [0, 0.05) is 6.20 Å². The number of hydrogen-bond acceptors (Lipinski definition) is 2. The van der Waals surface area contributed by atoms with Gasteiger partial charge in [0.05, 0.1) is 11.5 Å². The second kappa shape index (κ2) is 8.77. The van der Waals surface area contributed by atoms with Crippen molar-refractivity contribution >= 4 is 28.9 Å². The molecule has 2 N–H and O–H groups in total. The van der Waals surface area contributed by atoms with E-state index in [0.717, 1.165) is 0 Å². The molecule has 0 bridgehead atoms. The van der Waals surface area contributed by atoms with Gasteiger partial charge in [-0.2, -0.15) is 0 Å². The summed E-state index contributed by atoms with van der Waals surface area (Å²) in [6.45, 7) is 0. The molecule has 0 aliphatic rings. The molecule has 29 heavy (non-hydrogen) atoms. The smallest absolute Gasteiger partial charge is 0.139 e. The minimum absolute atomic E-state index is 0.236. The first-order chi connectivity index (χ1) is 14.3. The fraction of sp³-hybridized carbons (Fsp3) is 0. The van der Waals surface area contributed by atoms with E-state index in [-0.39, 0.29) is 5.75 Å². The maximum atomic E-state index is 10.1. The van der Waals surface area contributed by atoms with Gasteiger partial charge >= 0.3 is 0 Å². The number of nitrogens with one attached hydrogen (secondary N) is 1. The standard InChI is InChI=1S/C26H22NOP/c28-26-19-11-10-18-25(26)27-20-21-29(22-12-4-1-5-13-22,23-14-6-2-7-15-23)24-16-8-3-9-17-24/h1-21,27H/p+1/b21-20+. The van der Waals surface area contributed by atoms with Crippen LogP contribution in [0.2, 0.25) is 0 Å². The molecule has 0 amide bonds. The largest absolute Gasteiger partial charge is 0.506 e. The highest BCUT2D eigenvalue weighted by Gasteiger charge is 2.43. The molecule has 4 rings (SSSR count). The molecule has 0 atom stereocenters. The predicted octanol–water partition coefficient (Wildman–Crippen LogP) is 5.27. The highest BCUT2D eigenvalue weighted by Crippen LogP contribution is 2.56. The number of phenols is 1. The van der Waals surface area contributed by atoms with E-state index in [2.05, 4.69) is 102 Å². The number of anilines is 1. The first-order valence-corrected chi connectivity index (χ1v) is 11.4. The number of para-hydroxylation sites is 2. The zero-order valence-corrected chi connectivity index (χ0v) is 16.9. The number of rotatable bonds is 6. The van der Waals surface area contributed by atoms with Gasteiger partial charge in [-0.05, 0) is 48.5 Å². The third-order valence-electron chi connectivity index (χ3n) is 4.93. The molecule has 142 valence electrons. The van der Waals surface area contributed by atoms with Crippen LogP contribution in [-0.2, 0) is 0 Å². The molecule has 0 fully saturated rings. The van der Waals surface area contributed by atoms with Gasteiger partial charge in [-0.1, -0.05) is 66.7 Å². The molecule has 0 unspecified atom stereocenters. The van der Waals surface area contributed by atoms with Gasteiger partial charge in [0.1, 0.15) is 28.9 Å². The molecule has 0 radical (unpaired) electrons. The predicted molar refractivity (Wildman–Crippen MR) is 126 cm³/mol. The Hall–Kier alpha value is -3.35. The molecule has 0 aromatic heterocycles. The third-order valence-corrected chi connectivity index (χ3v) is 8.87. The molecule has 4 aromatic rings. The van der Waals surface area contributed by atoms with Gasteiger partial charge in [-0.25, -0.2) is 0 Å². The van der Waals surface area contributed by atoms with Crippen molar-refractivity contribution < 1.29 is 5.11 Å². The summed E-state index contributed by atoms with van der Waals surface area (Å²) in [5.74, 6) is 2.51. The van der Waals surface area contributed by atoms with Gasteiger partial charge in [-0.3, -0.25) is 0 Å². The van der Waals surface area contributed by atoms with Crippen LogP contribution in [-0.4, -0.2) is 5.11 Å². The van der Waals surface area contributed by atoms with E-state index in [4.69, 9.17) is 0 Å². The summed E-state index contributed by atoms with van der Waals surface area (Å²) >= 11 is 0. The Morgan fingerprint density at radius 1 is 0.552 bits per heavy atom. The number of aromatic hydroxyl groups is 1. The first kappa shape index (κ1) is 19.0. The third kappa shape index (κ3) is 3.94. The van der Waals surface area contributed by atoms with Crippen LogP contribution in [0.1, 0.15) is 0 Å². The molecule has 0 saturated heterocycles. The van der Waals surface area contributed by atoms with E-state index in [1.54, 1.807) is 6.07 Å². The van der Waals surface area contributed by atoms with Crippen molar-refractivity contribution in [2.45, 2.75) is 0 Å². The van der Waals surface area contributed by atoms with E-state index in [1.807, 2.05) is 24.4 Å². The zero-order valence-electron chi connectivity index (χ0n) is 16.0. The fourth-order valence-electron chi connectivity index (χ4n) is 3.53. The summed E-state index contributed by atoms with van der Waals surface area (Å²) in [5.41, 5.74) is 0.691. The molecule has 0 aliphatic heterocycles. The van der Waals surface area contributed by atoms with E-state index < -0.39 is 7.26 Å². The zero-order chi connectivity index (χ0) is 19.9. The Morgan fingerprint density at radius 2 is 0.966 bits per heavy atom. The van der Waals surface area contributed by atoms with Crippen molar-refractivity contribution in [2.24, 2.45) is 0 Å². The summed E-state index contributed by atoms with van der Waals surface area (Å²) in [6, 6.07) is 39.3. The van der Waals surface area contributed by atoms with Crippen LogP contribution >= 0.6 is 7.26 Å². The molecular formula is C26H23NOP+. The molecular weight excluding hydrogens is 373 g/mol. The highest BCUT2D eigenvalue weighted by atomic mass is 31.2. The van der Waals surface area contributed by atoms with Crippen LogP contribution in [0.5, 0.6) is 5.75 Å². The van der Waals surface area contributed by atoms with Crippen LogP contribution in [0.15, 0.2) is 127 Å². The van der Waals surface area contributed by atoms with E-state index in [0.29, 0.717) is 5.69 Å². The molecule has 0 spiro atoms. The number of benzene rings is 4. The SMILES string of the molecule is Oc1ccccc1N/C=C/[P+](c1ccccc1)(c1ccccc1)c1ccccc1. The Labute approximate surface area is 172 Å². The van der Waals surface area contributed by atoms with E-state index >= 15 is 0 Å². The lowest BCUT2D eigenvalue weighted by Crippen LogP contribution is -2.29. The normalized spacial score (nSPS) is 11.4. The molecule has 0 saturated carbocycles. The van der Waals surface area contributed by atoms with E-state index in [9.17, 15) is 5.11 Å². The second-order valence-electron chi connectivity index (χ2n) is 6.71. The molecule has 3 heteroatoms. The topological polar surface area (TPSA) is 32.3 Å². The highest BCUT2D eigenvalue weighted by molar-refractivity contribution is 7.98. The molecule has 0 aliphatic carbocycles. The minimum Gasteiger partial charge on any atom is -0.506 e. The first-order valence-electron chi connectivity index (χ1n) is 9.58. The van der Waals surface area contributed by atoms with Crippen LogP contribution < -0.4 is 21.2 Å². The second-order valence-corrected chi connectivity index (χ2v) is 10.00. The average Bonchev–Trinajstić information content (AvgIpc) is 2.80. The van der Waals surface area contributed by atoms with Gasteiger partial charge in [0.15, 0.2) is 0 Å². The minimum atomic E-state index is -2.03.